The highest BCUT2D eigenvalue weighted by atomic mass is 16.4. The highest BCUT2D eigenvalue weighted by Gasteiger charge is 2.04. The molecule has 0 bridgehead atoms. The van der Waals surface area contributed by atoms with Crippen LogP contribution in [0.15, 0.2) is 42.9 Å². The van der Waals surface area contributed by atoms with Crippen LogP contribution in [-0.2, 0) is 7.05 Å². The monoisotopic (exact) mass is 268 g/mol. The number of fused-ring (bicyclic) bond motifs is 1. The number of aryl methyl sites for hydroxylation is 1. The molecule has 20 heavy (non-hydrogen) atoms. The first-order valence-corrected chi connectivity index (χ1v) is 6.00. The van der Waals surface area contributed by atoms with Crippen LogP contribution in [-0.4, -0.2) is 26.0 Å². The molecular formula is C14H12N4O2. The first kappa shape index (κ1) is 12.2. The van der Waals surface area contributed by atoms with Crippen LogP contribution >= 0.6 is 0 Å². The summed E-state index contributed by atoms with van der Waals surface area (Å²) in [7, 11) is 1.86. The Bertz CT molecular complexity index is 795. The molecule has 3 rings (SSSR count). The van der Waals surface area contributed by atoms with Crippen molar-refractivity contribution in [1.29, 1.82) is 0 Å². The average molecular weight is 268 g/mol. The maximum atomic E-state index is 10.6. The summed E-state index contributed by atoms with van der Waals surface area (Å²) in [5, 5.41) is 17.0. The van der Waals surface area contributed by atoms with Gasteiger partial charge in [-0.15, -0.1) is 0 Å². The Morgan fingerprint density at radius 3 is 2.75 bits per heavy atom. The van der Waals surface area contributed by atoms with Gasteiger partial charge in [0.05, 0.1) is 6.20 Å². The Hall–Kier alpha value is -2.89. The van der Waals surface area contributed by atoms with E-state index in [0.717, 1.165) is 21.9 Å². The number of carboxylic acid groups (broad SMARTS) is 1. The van der Waals surface area contributed by atoms with Gasteiger partial charge in [0.15, 0.2) is 0 Å². The fourth-order valence-electron chi connectivity index (χ4n) is 2.07. The molecule has 0 aliphatic heterocycles. The smallest absolute Gasteiger partial charge is 0.410 e. The van der Waals surface area contributed by atoms with E-state index in [1.807, 2.05) is 31.4 Å². The Kier molecular flexibility index (Phi) is 2.83. The fourth-order valence-corrected chi connectivity index (χ4v) is 2.07. The summed E-state index contributed by atoms with van der Waals surface area (Å²) in [5.41, 5.74) is 2.04. The number of anilines is 1. The standard InChI is InChI=1S/C14H12N4O2/c1-18-8-12(7-16-18)9-2-3-10-6-15-13(17-14(19)20)5-11(10)4-9/h2-8H,1H3,(H,15,17)(H,19,20). The fraction of sp³-hybridized carbons (Fsp3) is 0.0714. The molecule has 2 N–H and O–H groups in total. The van der Waals surface area contributed by atoms with Gasteiger partial charge in [-0.2, -0.15) is 5.10 Å². The van der Waals surface area contributed by atoms with Crippen molar-refractivity contribution in [3.8, 4) is 11.1 Å². The minimum absolute atomic E-state index is 0.313. The molecule has 100 valence electrons. The molecule has 0 fully saturated rings. The predicted molar refractivity (Wildman–Crippen MR) is 75.6 cm³/mol. The summed E-state index contributed by atoms with van der Waals surface area (Å²) in [6.07, 6.45) is 4.24. The van der Waals surface area contributed by atoms with Crippen molar-refractivity contribution in [3.05, 3.63) is 42.9 Å². The molecule has 3 aromatic rings. The highest BCUT2D eigenvalue weighted by molar-refractivity contribution is 5.90. The summed E-state index contributed by atoms with van der Waals surface area (Å²) in [6, 6.07) is 7.64. The molecule has 2 aromatic heterocycles. The molecule has 0 aliphatic carbocycles. The summed E-state index contributed by atoms with van der Waals surface area (Å²) in [5.74, 6) is 0.313. The maximum absolute atomic E-state index is 10.6. The molecule has 1 aromatic carbocycles. The molecule has 0 saturated heterocycles. The van der Waals surface area contributed by atoms with Crippen LogP contribution in [0.25, 0.3) is 21.9 Å². The van der Waals surface area contributed by atoms with Gasteiger partial charge in [0, 0.05) is 30.4 Å². The lowest BCUT2D eigenvalue weighted by molar-refractivity contribution is 0.209. The second-order valence-electron chi connectivity index (χ2n) is 4.46. The topological polar surface area (TPSA) is 80.0 Å². The first-order valence-electron chi connectivity index (χ1n) is 6.00. The highest BCUT2D eigenvalue weighted by Crippen LogP contribution is 2.25. The largest absolute Gasteiger partial charge is 0.465 e. The number of rotatable bonds is 2. The van der Waals surface area contributed by atoms with Gasteiger partial charge in [0.1, 0.15) is 5.82 Å². The van der Waals surface area contributed by atoms with Crippen LogP contribution in [0, 0.1) is 0 Å². The van der Waals surface area contributed by atoms with Crippen LogP contribution in [0.1, 0.15) is 0 Å². The molecular weight excluding hydrogens is 256 g/mol. The van der Waals surface area contributed by atoms with Crippen LogP contribution in [0.3, 0.4) is 0 Å². The van der Waals surface area contributed by atoms with Gasteiger partial charge in [-0.25, -0.2) is 9.78 Å². The van der Waals surface area contributed by atoms with E-state index in [4.69, 9.17) is 5.11 Å². The SMILES string of the molecule is Cn1cc(-c2ccc3cnc(NC(=O)O)cc3c2)cn1. The zero-order valence-electron chi connectivity index (χ0n) is 10.7. The lowest BCUT2D eigenvalue weighted by atomic mass is 10.1. The van der Waals surface area contributed by atoms with Crippen molar-refractivity contribution in [2.24, 2.45) is 7.05 Å². The third kappa shape index (κ3) is 2.31. The molecule has 0 radical (unpaired) electrons. The minimum Gasteiger partial charge on any atom is -0.465 e. The van der Waals surface area contributed by atoms with Gasteiger partial charge in [-0.05, 0) is 23.1 Å². The van der Waals surface area contributed by atoms with Gasteiger partial charge in [-0.1, -0.05) is 12.1 Å². The van der Waals surface area contributed by atoms with Gasteiger partial charge in [-0.3, -0.25) is 10.00 Å². The number of nitrogens with zero attached hydrogens (tertiary/aromatic N) is 3. The van der Waals surface area contributed by atoms with E-state index in [2.05, 4.69) is 15.4 Å². The van der Waals surface area contributed by atoms with Gasteiger partial charge in [0.25, 0.3) is 0 Å². The Morgan fingerprint density at radius 1 is 1.20 bits per heavy atom. The van der Waals surface area contributed by atoms with Gasteiger partial charge >= 0.3 is 6.09 Å². The number of nitrogens with one attached hydrogen (secondary N) is 1. The first-order chi connectivity index (χ1) is 9.61. The van der Waals surface area contributed by atoms with Crippen molar-refractivity contribution < 1.29 is 9.90 Å². The summed E-state index contributed by atoms with van der Waals surface area (Å²) in [4.78, 5) is 14.7. The third-order valence-corrected chi connectivity index (χ3v) is 2.99. The Labute approximate surface area is 114 Å². The third-order valence-electron chi connectivity index (χ3n) is 2.99. The van der Waals surface area contributed by atoms with Crippen molar-refractivity contribution in [2.45, 2.75) is 0 Å². The summed E-state index contributed by atoms with van der Waals surface area (Å²) >= 11 is 0. The van der Waals surface area contributed by atoms with E-state index in [1.165, 1.54) is 0 Å². The number of benzene rings is 1. The number of pyridine rings is 1. The second-order valence-corrected chi connectivity index (χ2v) is 4.46. The quantitative estimate of drug-likeness (QED) is 0.748. The van der Waals surface area contributed by atoms with E-state index >= 15 is 0 Å². The molecule has 0 aliphatic rings. The van der Waals surface area contributed by atoms with Crippen molar-refractivity contribution in [1.82, 2.24) is 14.8 Å². The summed E-state index contributed by atoms with van der Waals surface area (Å²) < 4.78 is 1.74. The number of aromatic nitrogens is 3. The van der Waals surface area contributed by atoms with Crippen molar-refractivity contribution in [3.63, 3.8) is 0 Å². The van der Waals surface area contributed by atoms with Gasteiger partial charge in [0.2, 0.25) is 0 Å². The van der Waals surface area contributed by atoms with Crippen LogP contribution < -0.4 is 5.32 Å². The Balaban J connectivity index is 2.06. The van der Waals surface area contributed by atoms with E-state index in [0.29, 0.717) is 5.82 Å². The zero-order chi connectivity index (χ0) is 14.1. The second kappa shape index (κ2) is 4.65. The van der Waals surface area contributed by atoms with Crippen molar-refractivity contribution >= 4 is 22.7 Å². The average Bonchev–Trinajstić information content (AvgIpc) is 2.84. The van der Waals surface area contributed by atoms with Gasteiger partial charge < -0.3 is 5.11 Å². The molecule has 0 atom stereocenters. The molecule has 6 heteroatoms. The normalized spacial score (nSPS) is 10.7. The number of hydrogen-bond acceptors (Lipinski definition) is 3. The Morgan fingerprint density at radius 2 is 2.05 bits per heavy atom. The molecule has 2 heterocycles. The van der Waals surface area contributed by atoms with Crippen LogP contribution in [0.4, 0.5) is 10.6 Å². The van der Waals surface area contributed by atoms with Crippen molar-refractivity contribution in [2.75, 3.05) is 5.32 Å². The summed E-state index contributed by atoms with van der Waals surface area (Å²) in [6.45, 7) is 0. The maximum Gasteiger partial charge on any atom is 0.410 e. The molecule has 0 saturated carbocycles. The predicted octanol–water partition coefficient (Wildman–Crippen LogP) is 2.73. The lowest BCUT2D eigenvalue weighted by Crippen LogP contribution is -2.08. The van der Waals surface area contributed by atoms with E-state index < -0.39 is 6.09 Å². The molecule has 1 amide bonds. The number of amides is 1. The van der Waals surface area contributed by atoms with E-state index in [9.17, 15) is 4.79 Å². The minimum atomic E-state index is -1.12. The van der Waals surface area contributed by atoms with Crippen LogP contribution in [0.5, 0.6) is 0 Å². The number of carbonyl (C=O) groups is 1. The zero-order valence-corrected chi connectivity index (χ0v) is 10.7. The molecule has 0 unspecified atom stereocenters. The number of hydrogen-bond donors (Lipinski definition) is 2. The molecule has 0 spiro atoms. The van der Waals surface area contributed by atoms with E-state index in [1.54, 1.807) is 23.1 Å². The molecule has 6 nitrogen and oxygen atoms in total. The van der Waals surface area contributed by atoms with E-state index in [-0.39, 0.29) is 0 Å². The lowest BCUT2D eigenvalue weighted by Gasteiger charge is -2.04. The van der Waals surface area contributed by atoms with Crippen LogP contribution in [0.2, 0.25) is 0 Å².